The van der Waals surface area contributed by atoms with Gasteiger partial charge in [-0.15, -0.1) is 0 Å². The molecule has 0 aromatic carbocycles. The maximum atomic E-state index is 6.41. The topological polar surface area (TPSA) is 38.0 Å². The van der Waals surface area contributed by atoms with Crippen LogP contribution >= 0.6 is 0 Å². The van der Waals surface area contributed by atoms with Gasteiger partial charge in [-0.05, 0) is 31.2 Å². The highest BCUT2D eigenvalue weighted by Crippen LogP contribution is 2.29. The van der Waals surface area contributed by atoms with E-state index in [-0.39, 0.29) is 5.54 Å². The maximum Gasteiger partial charge on any atom is 0.0283 e. The summed E-state index contributed by atoms with van der Waals surface area (Å²) in [5, 5.41) is 3.54. The Balaban J connectivity index is 2.23. The van der Waals surface area contributed by atoms with Crippen molar-refractivity contribution in [3.8, 4) is 0 Å². The van der Waals surface area contributed by atoms with E-state index in [0.717, 1.165) is 24.9 Å². The Hall–Kier alpha value is -0.0800. The predicted molar refractivity (Wildman–Crippen MR) is 66.9 cm³/mol. The molecule has 3 atom stereocenters. The summed E-state index contributed by atoms with van der Waals surface area (Å²) in [4.78, 5) is 0. The second-order valence-corrected chi connectivity index (χ2v) is 5.71. The van der Waals surface area contributed by atoms with Gasteiger partial charge in [-0.2, -0.15) is 0 Å². The lowest BCUT2D eigenvalue weighted by Crippen LogP contribution is -2.52. The first-order valence-corrected chi connectivity index (χ1v) is 6.55. The Kier molecular flexibility index (Phi) is 5.07. The molecule has 1 fully saturated rings. The molecule has 1 aliphatic rings. The van der Waals surface area contributed by atoms with Crippen molar-refractivity contribution in [2.45, 2.75) is 58.4 Å². The summed E-state index contributed by atoms with van der Waals surface area (Å²) in [5.74, 6) is 1.59. The minimum atomic E-state index is 0.0745. The van der Waals surface area contributed by atoms with E-state index in [9.17, 15) is 0 Å². The van der Waals surface area contributed by atoms with E-state index in [1.165, 1.54) is 32.1 Å². The zero-order chi connectivity index (χ0) is 11.3. The highest BCUT2D eigenvalue weighted by Gasteiger charge is 2.30. The van der Waals surface area contributed by atoms with Crippen LogP contribution < -0.4 is 11.1 Å². The first-order chi connectivity index (χ1) is 7.06. The maximum absolute atomic E-state index is 6.41. The molecule has 1 saturated carbocycles. The fraction of sp³-hybridized carbons (Fsp3) is 1.00. The highest BCUT2D eigenvalue weighted by molar-refractivity contribution is 4.91. The van der Waals surface area contributed by atoms with Crippen LogP contribution in [0.3, 0.4) is 0 Å². The van der Waals surface area contributed by atoms with Gasteiger partial charge in [0.2, 0.25) is 0 Å². The second-order valence-electron chi connectivity index (χ2n) is 5.71. The lowest BCUT2D eigenvalue weighted by Gasteiger charge is -2.37. The number of nitrogens with two attached hydrogens (primary N) is 1. The van der Waals surface area contributed by atoms with Gasteiger partial charge in [0.05, 0.1) is 0 Å². The van der Waals surface area contributed by atoms with Gasteiger partial charge in [-0.1, -0.05) is 40.0 Å². The summed E-state index contributed by atoms with van der Waals surface area (Å²) in [6.45, 7) is 8.98. The molecule has 3 N–H and O–H groups in total. The SMILES string of the molecule is CCC(C)CNCC1(N)CCCC(C)C1. The Morgan fingerprint density at radius 2 is 2.27 bits per heavy atom. The van der Waals surface area contributed by atoms with Crippen molar-refractivity contribution in [3.05, 3.63) is 0 Å². The number of nitrogens with one attached hydrogen (secondary N) is 1. The van der Waals surface area contributed by atoms with Crippen LogP contribution in [0.15, 0.2) is 0 Å². The van der Waals surface area contributed by atoms with E-state index >= 15 is 0 Å². The third kappa shape index (κ3) is 4.52. The van der Waals surface area contributed by atoms with Gasteiger partial charge in [-0.25, -0.2) is 0 Å². The molecule has 2 nitrogen and oxygen atoms in total. The van der Waals surface area contributed by atoms with Crippen molar-refractivity contribution < 1.29 is 0 Å². The van der Waals surface area contributed by atoms with Crippen molar-refractivity contribution in [2.24, 2.45) is 17.6 Å². The van der Waals surface area contributed by atoms with E-state index < -0.39 is 0 Å². The van der Waals surface area contributed by atoms with E-state index in [0.29, 0.717) is 0 Å². The van der Waals surface area contributed by atoms with E-state index in [1.807, 2.05) is 0 Å². The summed E-state index contributed by atoms with van der Waals surface area (Å²) >= 11 is 0. The third-order valence-electron chi connectivity index (χ3n) is 3.79. The van der Waals surface area contributed by atoms with Crippen molar-refractivity contribution in [1.29, 1.82) is 0 Å². The summed E-state index contributed by atoms with van der Waals surface area (Å²) < 4.78 is 0. The van der Waals surface area contributed by atoms with Gasteiger partial charge in [0.15, 0.2) is 0 Å². The quantitative estimate of drug-likeness (QED) is 0.735. The Labute approximate surface area is 95.0 Å². The molecule has 0 heterocycles. The molecule has 0 bridgehead atoms. The Morgan fingerprint density at radius 3 is 2.87 bits per heavy atom. The van der Waals surface area contributed by atoms with Crippen LogP contribution in [0.5, 0.6) is 0 Å². The zero-order valence-electron chi connectivity index (χ0n) is 10.7. The molecule has 0 aliphatic heterocycles. The predicted octanol–water partition coefficient (Wildman–Crippen LogP) is 2.53. The molecular weight excluding hydrogens is 184 g/mol. The fourth-order valence-electron chi connectivity index (χ4n) is 2.57. The molecule has 0 spiro atoms. The van der Waals surface area contributed by atoms with Crippen LogP contribution in [0.1, 0.15) is 52.9 Å². The largest absolute Gasteiger partial charge is 0.324 e. The monoisotopic (exact) mass is 212 g/mol. The van der Waals surface area contributed by atoms with Crippen LogP contribution in [0.2, 0.25) is 0 Å². The average Bonchev–Trinajstić information content (AvgIpc) is 2.16. The lowest BCUT2D eigenvalue weighted by molar-refractivity contribution is 0.227. The molecular formula is C13H28N2. The third-order valence-corrected chi connectivity index (χ3v) is 3.79. The van der Waals surface area contributed by atoms with Crippen molar-refractivity contribution in [3.63, 3.8) is 0 Å². The van der Waals surface area contributed by atoms with Crippen LogP contribution in [0.4, 0.5) is 0 Å². The smallest absolute Gasteiger partial charge is 0.0283 e. The number of rotatable bonds is 5. The van der Waals surface area contributed by atoms with Crippen LogP contribution in [0, 0.1) is 11.8 Å². The molecule has 0 aromatic rings. The molecule has 2 heteroatoms. The van der Waals surface area contributed by atoms with E-state index in [4.69, 9.17) is 5.73 Å². The van der Waals surface area contributed by atoms with E-state index in [2.05, 4.69) is 26.1 Å². The molecule has 1 rings (SSSR count). The molecule has 90 valence electrons. The molecule has 0 radical (unpaired) electrons. The molecule has 3 unspecified atom stereocenters. The molecule has 15 heavy (non-hydrogen) atoms. The van der Waals surface area contributed by atoms with Gasteiger partial charge in [0.25, 0.3) is 0 Å². The summed E-state index contributed by atoms with van der Waals surface area (Å²) in [7, 11) is 0. The van der Waals surface area contributed by atoms with Crippen molar-refractivity contribution in [2.75, 3.05) is 13.1 Å². The summed E-state index contributed by atoms with van der Waals surface area (Å²) in [6, 6.07) is 0. The van der Waals surface area contributed by atoms with Crippen molar-refractivity contribution >= 4 is 0 Å². The van der Waals surface area contributed by atoms with Crippen LogP contribution in [0.25, 0.3) is 0 Å². The van der Waals surface area contributed by atoms with E-state index in [1.54, 1.807) is 0 Å². The van der Waals surface area contributed by atoms with Crippen LogP contribution in [-0.4, -0.2) is 18.6 Å². The standard InChI is InChI=1S/C13H28N2/c1-4-11(2)9-15-10-13(14)7-5-6-12(3)8-13/h11-12,15H,4-10,14H2,1-3H3. The molecule has 0 aromatic heterocycles. The van der Waals surface area contributed by atoms with Crippen LogP contribution in [-0.2, 0) is 0 Å². The zero-order valence-corrected chi connectivity index (χ0v) is 10.7. The highest BCUT2D eigenvalue weighted by atomic mass is 14.9. The molecule has 0 saturated heterocycles. The first kappa shape index (κ1) is 13.0. The average molecular weight is 212 g/mol. The minimum Gasteiger partial charge on any atom is -0.324 e. The van der Waals surface area contributed by atoms with Gasteiger partial charge in [-0.3, -0.25) is 0 Å². The second kappa shape index (κ2) is 5.86. The summed E-state index contributed by atoms with van der Waals surface area (Å²) in [5.41, 5.74) is 6.49. The van der Waals surface area contributed by atoms with Gasteiger partial charge < -0.3 is 11.1 Å². The Morgan fingerprint density at radius 1 is 1.53 bits per heavy atom. The van der Waals surface area contributed by atoms with Gasteiger partial charge >= 0.3 is 0 Å². The van der Waals surface area contributed by atoms with Crippen molar-refractivity contribution in [1.82, 2.24) is 5.32 Å². The Bertz CT molecular complexity index is 181. The molecule has 1 aliphatic carbocycles. The molecule has 0 amide bonds. The number of hydrogen-bond acceptors (Lipinski definition) is 2. The van der Waals surface area contributed by atoms with Gasteiger partial charge in [0.1, 0.15) is 0 Å². The van der Waals surface area contributed by atoms with Gasteiger partial charge in [0, 0.05) is 12.1 Å². The first-order valence-electron chi connectivity index (χ1n) is 6.55. The fourth-order valence-corrected chi connectivity index (χ4v) is 2.57. The summed E-state index contributed by atoms with van der Waals surface area (Å²) in [6.07, 6.45) is 6.32. The minimum absolute atomic E-state index is 0.0745. The lowest BCUT2D eigenvalue weighted by atomic mass is 9.77. The normalized spacial score (nSPS) is 34.0. The number of hydrogen-bond donors (Lipinski definition) is 2.